The summed E-state index contributed by atoms with van der Waals surface area (Å²) in [5.74, 6) is 0.563. The normalized spacial score (nSPS) is 13.5. The summed E-state index contributed by atoms with van der Waals surface area (Å²) >= 11 is 0. The summed E-state index contributed by atoms with van der Waals surface area (Å²) in [4.78, 5) is 28.4. The molecule has 1 aliphatic rings. The van der Waals surface area contributed by atoms with Gasteiger partial charge in [-0.05, 0) is 54.8 Å². The van der Waals surface area contributed by atoms with Crippen LogP contribution in [-0.2, 0) is 16.1 Å². The molecule has 0 atom stereocenters. The summed E-state index contributed by atoms with van der Waals surface area (Å²) in [6, 6.07) is 20.5. The highest BCUT2D eigenvalue weighted by atomic mass is 16.5. The molecule has 1 aliphatic heterocycles. The molecular weight excluding hydrogens is 416 g/mol. The summed E-state index contributed by atoms with van der Waals surface area (Å²) in [6.07, 6.45) is 0. The van der Waals surface area contributed by atoms with E-state index in [0.717, 1.165) is 22.4 Å². The predicted molar refractivity (Wildman–Crippen MR) is 128 cm³/mol. The first kappa shape index (κ1) is 22.1. The minimum Gasteiger partial charge on any atom is -0.497 e. The summed E-state index contributed by atoms with van der Waals surface area (Å²) in [5, 5.41) is 3.26. The van der Waals surface area contributed by atoms with Crippen LogP contribution in [0.5, 0.6) is 11.5 Å². The summed E-state index contributed by atoms with van der Waals surface area (Å²) in [5.41, 5.74) is 4.81. The van der Waals surface area contributed by atoms with Crippen molar-refractivity contribution in [3.05, 3.63) is 94.7 Å². The number of rotatable bonds is 7. The van der Waals surface area contributed by atoms with Gasteiger partial charge in [-0.3, -0.25) is 14.5 Å². The number of benzene rings is 3. The lowest BCUT2D eigenvalue weighted by molar-refractivity contribution is -0.137. The van der Waals surface area contributed by atoms with Crippen LogP contribution >= 0.6 is 0 Å². The predicted octanol–water partition coefficient (Wildman–Crippen LogP) is 4.71. The van der Waals surface area contributed by atoms with E-state index in [1.54, 1.807) is 38.5 Å². The standard InChI is InChI=1S/C27H26N2O4/c1-17-9-10-18(2)22(15-17)28-25-24(19-11-13-21(32-3)14-12-19)26(30)29(27(25)31)16-20-7-5-6-8-23(20)33-4/h5-15,28H,16H2,1-4H3. The Balaban J connectivity index is 1.77. The van der Waals surface area contributed by atoms with Crippen molar-refractivity contribution in [3.8, 4) is 11.5 Å². The van der Waals surface area contributed by atoms with Crippen molar-refractivity contribution in [1.29, 1.82) is 0 Å². The minimum absolute atomic E-state index is 0.110. The molecule has 1 N–H and O–H groups in total. The van der Waals surface area contributed by atoms with Gasteiger partial charge in [0, 0.05) is 11.3 Å². The van der Waals surface area contributed by atoms with Gasteiger partial charge in [0.15, 0.2) is 0 Å². The van der Waals surface area contributed by atoms with Gasteiger partial charge in [-0.15, -0.1) is 0 Å². The molecule has 0 bridgehead atoms. The van der Waals surface area contributed by atoms with Crippen LogP contribution in [0.1, 0.15) is 22.3 Å². The number of nitrogens with one attached hydrogen (secondary N) is 1. The molecule has 168 valence electrons. The Morgan fingerprint density at radius 2 is 1.58 bits per heavy atom. The number of hydrogen-bond donors (Lipinski definition) is 1. The number of anilines is 1. The van der Waals surface area contributed by atoms with Crippen LogP contribution in [0.25, 0.3) is 5.57 Å². The molecule has 0 fully saturated rings. The van der Waals surface area contributed by atoms with Gasteiger partial charge < -0.3 is 14.8 Å². The molecule has 0 radical (unpaired) electrons. The van der Waals surface area contributed by atoms with Crippen LogP contribution in [0, 0.1) is 13.8 Å². The highest BCUT2D eigenvalue weighted by molar-refractivity contribution is 6.36. The van der Waals surface area contributed by atoms with Crippen LogP contribution in [-0.4, -0.2) is 30.9 Å². The Labute approximate surface area is 193 Å². The third-order valence-corrected chi connectivity index (χ3v) is 5.72. The molecule has 0 aromatic heterocycles. The number of nitrogens with zero attached hydrogens (tertiary/aromatic N) is 1. The lowest BCUT2D eigenvalue weighted by Gasteiger charge is -2.17. The summed E-state index contributed by atoms with van der Waals surface area (Å²) in [6.45, 7) is 4.06. The van der Waals surface area contributed by atoms with Crippen LogP contribution in [0.15, 0.2) is 72.4 Å². The van der Waals surface area contributed by atoms with Gasteiger partial charge in [0.05, 0.1) is 26.3 Å². The van der Waals surface area contributed by atoms with Crippen LogP contribution in [0.2, 0.25) is 0 Å². The van der Waals surface area contributed by atoms with Gasteiger partial charge in [0.25, 0.3) is 11.8 Å². The van der Waals surface area contributed by atoms with Crippen molar-refractivity contribution < 1.29 is 19.1 Å². The van der Waals surface area contributed by atoms with Crippen molar-refractivity contribution in [3.63, 3.8) is 0 Å². The van der Waals surface area contributed by atoms with Crippen LogP contribution < -0.4 is 14.8 Å². The molecule has 0 saturated heterocycles. The largest absolute Gasteiger partial charge is 0.497 e. The van der Waals surface area contributed by atoms with E-state index in [9.17, 15) is 9.59 Å². The number of hydrogen-bond acceptors (Lipinski definition) is 5. The fourth-order valence-electron chi connectivity index (χ4n) is 3.87. The highest BCUT2D eigenvalue weighted by Crippen LogP contribution is 2.34. The number of carbonyl (C=O) groups excluding carboxylic acids is 2. The number of carbonyl (C=O) groups is 2. The second-order valence-electron chi connectivity index (χ2n) is 7.93. The quantitative estimate of drug-likeness (QED) is 0.537. The zero-order chi connectivity index (χ0) is 23.5. The molecule has 3 aromatic carbocycles. The second kappa shape index (κ2) is 9.20. The first-order valence-electron chi connectivity index (χ1n) is 10.6. The molecule has 0 aliphatic carbocycles. The Morgan fingerprint density at radius 1 is 0.848 bits per heavy atom. The number of aryl methyl sites for hydroxylation is 2. The Kier molecular flexibility index (Phi) is 6.18. The minimum atomic E-state index is -0.377. The zero-order valence-corrected chi connectivity index (χ0v) is 19.1. The Hall–Kier alpha value is -4.06. The molecule has 33 heavy (non-hydrogen) atoms. The average molecular weight is 443 g/mol. The molecule has 0 spiro atoms. The zero-order valence-electron chi connectivity index (χ0n) is 19.1. The van der Waals surface area contributed by atoms with E-state index >= 15 is 0 Å². The molecule has 4 rings (SSSR count). The Bertz CT molecular complexity index is 1250. The third-order valence-electron chi connectivity index (χ3n) is 5.72. The average Bonchev–Trinajstić information content (AvgIpc) is 3.06. The lowest BCUT2D eigenvalue weighted by atomic mass is 10.0. The van der Waals surface area contributed by atoms with Gasteiger partial charge in [0.2, 0.25) is 0 Å². The van der Waals surface area contributed by atoms with E-state index in [1.165, 1.54) is 4.90 Å². The third kappa shape index (κ3) is 4.32. The lowest BCUT2D eigenvalue weighted by Crippen LogP contribution is -2.32. The number of para-hydroxylation sites is 1. The van der Waals surface area contributed by atoms with E-state index in [2.05, 4.69) is 5.32 Å². The summed E-state index contributed by atoms with van der Waals surface area (Å²) in [7, 11) is 3.15. The fraction of sp³-hybridized carbons (Fsp3) is 0.185. The molecule has 0 unspecified atom stereocenters. The number of methoxy groups -OCH3 is 2. The number of imide groups is 1. The number of amides is 2. The van der Waals surface area contributed by atoms with Crippen LogP contribution in [0.3, 0.4) is 0 Å². The highest BCUT2D eigenvalue weighted by Gasteiger charge is 2.39. The van der Waals surface area contributed by atoms with E-state index in [0.29, 0.717) is 22.6 Å². The van der Waals surface area contributed by atoms with E-state index < -0.39 is 0 Å². The van der Waals surface area contributed by atoms with Crippen LogP contribution in [0.4, 0.5) is 5.69 Å². The van der Waals surface area contributed by atoms with Gasteiger partial charge in [-0.2, -0.15) is 0 Å². The van der Waals surface area contributed by atoms with Crippen molar-refractivity contribution in [1.82, 2.24) is 4.90 Å². The topological polar surface area (TPSA) is 67.9 Å². The van der Waals surface area contributed by atoms with Crippen molar-refractivity contribution in [2.45, 2.75) is 20.4 Å². The van der Waals surface area contributed by atoms with Gasteiger partial charge in [0.1, 0.15) is 17.2 Å². The van der Waals surface area contributed by atoms with E-state index in [-0.39, 0.29) is 24.1 Å². The van der Waals surface area contributed by atoms with Crippen molar-refractivity contribution in [2.75, 3.05) is 19.5 Å². The molecular formula is C27H26N2O4. The fourth-order valence-corrected chi connectivity index (χ4v) is 3.87. The monoisotopic (exact) mass is 442 g/mol. The first-order chi connectivity index (χ1) is 15.9. The smallest absolute Gasteiger partial charge is 0.278 e. The molecule has 6 heteroatoms. The van der Waals surface area contributed by atoms with Gasteiger partial charge in [-0.1, -0.05) is 42.5 Å². The second-order valence-corrected chi connectivity index (χ2v) is 7.93. The molecule has 3 aromatic rings. The molecule has 1 heterocycles. The SMILES string of the molecule is COc1ccc(C2=C(Nc3cc(C)ccc3C)C(=O)N(Cc3ccccc3OC)C2=O)cc1. The molecule has 0 saturated carbocycles. The van der Waals surface area contributed by atoms with Gasteiger partial charge >= 0.3 is 0 Å². The maximum Gasteiger partial charge on any atom is 0.278 e. The molecule has 2 amide bonds. The number of ether oxygens (including phenoxy) is 2. The Morgan fingerprint density at radius 3 is 2.27 bits per heavy atom. The van der Waals surface area contributed by atoms with Crippen molar-refractivity contribution in [2.24, 2.45) is 0 Å². The maximum absolute atomic E-state index is 13.6. The van der Waals surface area contributed by atoms with E-state index in [4.69, 9.17) is 9.47 Å². The van der Waals surface area contributed by atoms with Gasteiger partial charge in [-0.25, -0.2) is 0 Å². The summed E-state index contributed by atoms with van der Waals surface area (Å²) < 4.78 is 10.7. The molecule has 6 nitrogen and oxygen atoms in total. The maximum atomic E-state index is 13.6. The van der Waals surface area contributed by atoms with E-state index in [1.807, 2.05) is 56.3 Å². The first-order valence-corrected chi connectivity index (χ1v) is 10.6. The van der Waals surface area contributed by atoms with Crippen molar-refractivity contribution >= 4 is 23.1 Å².